The predicted octanol–water partition coefficient (Wildman–Crippen LogP) is 4.97. The zero-order valence-electron chi connectivity index (χ0n) is 19.7. The fraction of sp³-hybridized carbons (Fsp3) is 0.143. The van der Waals surface area contributed by atoms with E-state index in [9.17, 15) is 19.2 Å². The van der Waals surface area contributed by atoms with E-state index in [-0.39, 0.29) is 40.0 Å². The molecule has 0 atom stereocenters. The highest BCUT2D eigenvalue weighted by Gasteiger charge is 2.35. The molecule has 0 spiro atoms. The van der Waals surface area contributed by atoms with Gasteiger partial charge in [0.2, 0.25) is 0 Å². The van der Waals surface area contributed by atoms with Crippen molar-refractivity contribution >= 4 is 40.4 Å². The number of amides is 2. The van der Waals surface area contributed by atoms with Crippen LogP contribution in [0.15, 0.2) is 76.1 Å². The summed E-state index contributed by atoms with van der Waals surface area (Å²) in [6.07, 6.45) is 1.86. The lowest BCUT2D eigenvalue weighted by Crippen LogP contribution is -2.31. The van der Waals surface area contributed by atoms with E-state index in [2.05, 4.69) is 0 Å². The average Bonchev–Trinajstić information content (AvgIpc) is 3.14. The van der Waals surface area contributed by atoms with Crippen LogP contribution in [0.25, 0.3) is 22.1 Å². The van der Waals surface area contributed by atoms with Gasteiger partial charge in [0, 0.05) is 31.4 Å². The summed E-state index contributed by atoms with van der Waals surface area (Å²) in [6.45, 7) is 0.640. The van der Waals surface area contributed by atoms with Crippen LogP contribution in [0.4, 0.5) is 0 Å². The molecule has 9 heteroatoms. The number of imide groups is 1. The standard InChI is InChI=1S/C28H20ClNO7/c1-35-12-2-11-30-26(32)20-9-5-17(13-22(20)27(30)33)28(34)37-19-8-10-21-24(14-19)36-15-23(25(21)31)16-3-6-18(29)7-4-16/h3-10,13-15H,2,11-12H2,1H3. The molecule has 5 rings (SSSR count). The molecule has 1 aliphatic heterocycles. The molecule has 0 aliphatic carbocycles. The lowest BCUT2D eigenvalue weighted by atomic mass is 10.1. The van der Waals surface area contributed by atoms with Crippen molar-refractivity contribution in [3.05, 3.63) is 98.9 Å². The highest BCUT2D eigenvalue weighted by molar-refractivity contribution is 6.30. The molecule has 186 valence electrons. The van der Waals surface area contributed by atoms with Gasteiger partial charge in [-0.15, -0.1) is 0 Å². The van der Waals surface area contributed by atoms with E-state index in [1.54, 1.807) is 31.4 Å². The SMILES string of the molecule is COCCCN1C(=O)c2ccc(C(=O)Oc3ccc4c(=O)c(-c5ccc(Cl)cc5)coc4c3)cc2C1=O. The lowest BCUT2D eigenvalue weighted by molar-refractivity contribution is 0.0638. The number of nitrogens with zero attached hydrogens (tertiary/aromatic N) is 1. The highest BCUT2D eigenvalue weighted by atomic mass is 35.5. The molecule has 0 saturated heterocycles. The third-order valence-corrected chi connectivity index (χ3v) is 6.30. The van der Waals surface area contributed by atoms with Gasteiger partial charge in [0.15, 0.2) is 5.43 Å². The maximum atomic E-state index is 13.0. The molecule has 2 heterocycles. The van der Waals surface area contributed by atoms with Gasteiger partial charge in [-0.3, -0.25) is 19.3 Å². The Morgan fingerprint density at radius 3 is 2.43 bits per heavy atom. The third kappa shape index (κ3) is 4.64. The van der Waals surface area contributed by atoms with Gasteiger partial charge in [0.1, 0.15) is 17.6 Å². The van der Waals surface area contributed by atoms with Crippen LogP contribution < -0.4 is 10.2 Å². The second-order valence-corrected chi connectivity index (χ2v) is 8.84. The van der Waals surface area contributed by atoms with Crippen molar-refractivity contribution in [1.29, 1.82) is 0 Å². The van der Waals surface area contributed by atoms with Crippen LogP contribution in [0.3, 0.4) is 0 Å². The minimum absolute atomic E-state index is 0.110. The third-order valence-electron chi connectivity index (χ3n) is 6.05. The largest absolute Gasteiger partial charge is 0.463 e. The van der Waals surface area contributed by atoms with E-state index in [4.69, 9.17) is 25.5 Å². The zero-order valence-corrected chi connectivity index (χ0v) is 20.4. The van der Waals surface area contributed by atoms with E-state index in [0.717, 1.165) is 4.90 Å². The van der Waals surface area contributed by atoms with Gasteiger partial charge in [0.25, 0.3) is 11.8 Å². The summed E-state index contributed by atoms with van der Waals surface area (Å²) >= 11 is 5.93. The molecule has 8 nitrogen and oxygen atoms in total. The summed E-state index contributed by atoms with van der Waals surface area (Å²) in [6, 6.07) is 15.5. The molecule has 37 heavy (non-hydrogen) atoms. The Morgan fingerprint density at radius 1 is 0.919 bits per heavy atom. The van der Waals surface area contributed by atoms with Crippen LogP contribution in [0.2, 0.25) is 5.02 Å². The number of halogens is 1. The Labute approximate surface area is 216 Å². The normalized spacial score (nSPS) is 12.8. The number of rotatable bonds is 7. The number of ether oxygens (including phenoxy) is 2. The van der Waals surface area contributed by atoms with Crippen LogP contribution in [-0.2, 0) is 4.74 Å². The fourth-order valence-electron chi connectivity index (χ4n) is 4.15. The number of hydrogen-bond donors (Lipinski definition) is 0. The van der Waals surface area contributed by atoms with Crippen LogP contribution in [0, 0.1) is 0 Å². The summed E-state index contributed by atoms with van der Waals surface area (Å²) < 4.78 is 16.1. The van der Waals surface area contributed by atoms with Crippen molar-refractivity contribution in [1.82, 2.24) is 4.90 Å². The van der Waals surface area contributed by atoms with Crippen LogP contribution in [0.5, 0.6) is 5.75 Å². The summed E-state index contributed by atoms with van der Waals surface area (Å²) in [4.78, 5) is 52.2. The monoisotopic (exact) mass is 517 g/mol. The number of esters is 1. The number of carbonyl (C=O) groups excluding carboxylic acids is 3. The molecular formula is C28H20ClNO7. The first-order valence-corrected chi connectivity index (χ1v) is 11.8. The Bertz CT molecular complexity index is 1610. The second kappa shape index (κ2) is 10.0. The maximum Gasteiger partial charge on any atom is 0.343 e. The number of benzene rings is 3. The Morgan fingerprint density at radius 2 is 1.68 bits per heavy atom. The van der Waals surface area contributed by atoms with Gasteiger partial charge in [-0.05, 0) is 54.4 Å². The summed E-state index contributed by atoms with van der Waals surface area (Å²) in [5.41, 5.74) is 1.55. The van der Waals surface area contributed by atoms with E-state index >= 15 is 0 Å². The Kier molecular flexibility index (Phi) is 6.60. The summed E-state index contributed by atoms with van der Waals surface area (Å²) in [7, 11) is 1.54. The molecule has 0 fully saturated rings. The van der Waals surface area contributed by atoms with Gasteiger partial charge in [-0.1, -0.05) is 23.7 Å². The molecule has 0 saturated carbocycles. The molecule has 0 radical (unpaired) electrons. The Balaban J connectivity index is 1.36. The summed E-state index contributed by atoms with van der Waals surface area (Å²) in [5.74, 6) is -1.43. The predicted molar refractivity (Wildman–Crippen MR) is 136 cm³/mol. The number of methoxy groups -OCH3 is 1. The topological polar surface area (TPSA) is 103 Å². The van der Waals surface area contributed by atoms with Crippen LogP contribution in [-0.4, -0.2) is 42.9 Å². The van der Waals surface area contributed by atoms with Crippen LogP contribution in [0.1, 0.15) is 37.5 Å². The molecule has 0 bridgehead atoms. The average molecular weight is 518 g/mol. The molecule has 0 N–H and O–H groups in total. The van der Waals surface area contributed by atoms with Crippen molar-refractivity contribution in [2.24, 2.45) is 0 Å². The quantitative estimate of drug-likeness (QED) is 0.148. The minimum Gasteiger partial charge on any atom is -0.463 e. The van der Waals surface area contributed by atoms with Crippen molar-refractivity contribution in [2.45, 2.75) is 6.42 Å². The number of carbonyl (C=O) groups is 3. The number of fused-ring (bicyclic) bond motifs is 2. The van der Waals surface area contributed by atoms with Gasteiger partial charge >= 0.3 is 5.97 Å². The van der Waals surface area contributed by atoms with E-state index in [1.165, 1.54) is 42.7 Å². The summed E-state index contributed by atoms with van der Waals surface area (Å²) in [5, 5.41) is 0.876. The first-order chi connectivity index (χ1) is 17.9. The molecular weight excluding hydrogens is 498 g/mol. The van der Waals surface area contributed by atoms with Crippen LogP contribution >= 0.6 is 11.6 Å². The first-order valence-electron chi connectivity index (χ1n) is 11.4. The lowest BCUT2D eigenvalue weighted by Gasteiger charge is -2.12. The van der Waals surface area contributed by atoms with E-state index < -0.39 is 17.8 Å². The molecule has 1 aromatic heterocycles. The zero-order chi connectivity index (χ0) is 26.1. The number of hydrogen-bond acceptors (Lipinski definition) is 7. The molecule has 2 amide bonds. The second-order valence-electron chi connectivity index (χ2n) is 8.40. The van der Waals surface area contributed by atoms with Crippen molar-refractivity contribution in [3.8, 4) is 16.9 Å². The molecule has 3 aromatic carbocycles. The molecule has 0 unspecified atom stereocenters. The van der Waals surface area contributed by atoms with E-state index in [0.29, 0.717) is 34.6 Å². The smallest absolute Gasteiger partial charge is 0.343 e. The fourth-order valence-corrected chi connectivity index (χ4v) is 4.28. The maximum absolute atomic E-state index is 13.0. The van der Waals surface area contributed by atoms with E-state index in [1.807, 2.05) is 0 Å². The highest BCUT2D eigenvalue weighted by Crippen LogP contribution is 2.27. The minimum atomic E-state index is -0.722. The van der Waals surface area contributed by atoms with Crippen molar-refractivity contribution < 1.29 is 28.3 Å². The van der Waals surface area contributed by atoms with Gasteiger partial charge < -0.3 is 13.9 Å². The van der Waals surface area contributed by atoms with Crippen molar-refractivity contribution in [3.63, 3.8) is 0 Å². The Hall–Kier alpha value is -4.27. The molecule has 4 aromatic rings. The van der Waals surface area contributed by atoms with Crippen molar-refractivity contribution in [2.75, 3.05) is 20.3 Å². The van der Waals surface area contributed by atoms with Gasteiger partial charge in [0.05, 0.1) is 27.6 Å². The van der Waals surface area contributed by atoms with Gasteiger partial charge in [-0.25, -0.2) is 4.79 Å². The molecule has 1 aliphatic rings. The van der Waals surface area contributed by atoms with Gasteiger partial charge in [-0.2, -0.15) is 0 Å². The first kappa shape index (κ1) is 24.4.